The lowest BCUT2D eigenvalue weighted by molar-refractivity contribution is 0.232. The summed E-state index contributed by atoms with van der Waals surface area (Å²) in [6.07, 6.45) is -0.0149. The Bertz CT molecular complexity index is 1900. The van der Waals surface area contributed by atoms with E-state index in [4.69, 9.17) is 9.72 Å². The minimum Gasteiger partial charge on any atom is -0.475 e. The van der Waals surface area contributed by atoms with Gasteiger partial charge in [-0.3, -0.25) is 14.3 Å². The van der Waals surface area contributed by atoms with Crippen molar-refractivity contribution in [2.75, 3.05) is 0 Å². The topological polar surface area (TPSA) is 83.9 Å². The van der Waals surface area contributed by atoms with Gasteiger partial charge in [0.2, 0.25) is 11.0 Å². The predicted octanol–water partition coefficient (Wildman–Crippen LogP) is 5.15. The minimum atomic E-state index is -0.212. The van der Waals surface area contributed by atoms with E-state index in [-0.39, 0.29) is 23.8 Å². The van der Waals surface area contributed by atoms with Gasteiger partial charge in [0, 0.05) is 17.8 Å². The molecule has 6 rings (SSSR count). The fourth-order valence-corrected chi connectivity index (χ4v) is 5.78. The van der Waals surface area contributed by atoms with Crippen LogP contribution in [0.5, 0.6) is 5.88 Å². The van der Waals surface area contributed by atoms with Crippen LogP contribution in [0.15, 0.2) is 88.5 Å². The number of aryl methyl sites for hydroxylation is 1. The number of rotatable bonds is 7. The molecule has 0 amide bonds. The highest BCUT2D eigenvalue weighted by Crippen LogP contribution is 2.26. The zero-order chi connectivity index (χ0) is 27.1. The van der Waals surface area contributed by atoms with Gasteiger partial charge in [0.15, 0.2) is 0 Å². The Morgan fingerprint density at radius 1 is 0.897 bits per heavy atom. The molecule has 0 unspecified atom stereocenters. The molecule has 0 aliphatic heterocycles. The van der Waals surface area contributed by atoms with Gasteiger partial charge in [-0.15, -0.1) is 0 Å². The van der Waals surface area contributed by atoms with Crippen molar-refractivity contribution < 1.29 is 4.74 Å². The fraction of sp³-hybridized carbons (Fsp3) is 0.200. The maximum atomic E-state index is 14.1. The number of hydrogen-bond donors (Lipinski definition) is 0. The molecule has 0 saturated carbocycles. The summed E-state index contributed by atoms with van der Waals surface area (Å²) in [5.41, 5.74) is 3.25. The van der Waals surface area contributed by atoms with Gasteiger partial charge in [-0.2, -0.15) is 4.68 Å². The molecule has 0 atom stereocenters. The van der Waals surface area contributed by atoms with Crippen LogP contribution < -0.4 is 15.9 Å². The van der Waals surface area contributed by atoms with Gasteiger partial charge in [-0.05, 0) is 44.5 Å². The van der Waals surface area contributed by atoms with Crippen molar-refractivity contribution in [3.63, 3.8) is 0 Å². The summed E-state index contributed by atoms with van der Waals surface area (Å²) in [4.78, 5) is 36.9. The van der Waals surface area contributed by atoms with Crippen LogP contribution >= 0.6 is 11.3 Å². The lowest BCUT2D eigenvalue weighted by atomic mass is 10.2. The molecular formula is C30H27N5O3S. The summed E-state index contributed by atoms with van der Waals surface area (Å²) >= 11 is 1.45. The Morgan fingerprint density at radius 3 is 2.44 bits per heavy atom. The van der Waals surface area contributed by atoms with Crippen LogP contribution in [0.4, 0.5) is 0 Å². The van der Waals surface area contributed by atoms with Crippen molar-refractivity contribution in [3.05, 3.63) is 117 Å². The molecule has 2 aromatic carbocycles. The molecule has 4 aromatic heterocycles. The molecule has 0 fully saturated rings. The van der Waals surface area contributed by atoms with Crippen LogP contribution in [-0.2, 0) is 13.1 Å². The number of hydrogen-bond acceptors (Lipinski definition) is 6. The quantitative estimate of drug-likeness (QED) is 0.281. The van der Waals surface area contributed by atoms with E-state index in [1.54, 1.807) is 21.4 Å². The summed E-state index contributed by atoms with van der Waals surface area (Å²) in [6.45, 7) is 6.32. The van der Waals surface area contributed by atoms with Crippen LogP contribution in [-0.4, -0.2) is 30.0 Å². The van der Waals surface area contributed by atoms with Crippen LogP contribution in [0.25, 0.3) is 26.3 Å². The van der Waals surface area contributed by atoms with E-state index in [2.05, 4.69) is 4.98 Å². The molecule has 0 bridgehead atoms. The van der Waals surface area contributed by atoms with Crippen LogP contribution in [0.3, 0.4) is 0 Å². The average molecular weight is 538 g/mol. The highest BCUT2D eigenvalue weighted by Gasteiger charge is 2.22. The van der Waals surface area contributed by atoms with Crippen molar-refractivity contribution in [2.24, 2.45) is 0 Å². The molecule has 8 nitrogen and oxygen atoms in total. The van der Waals surface area contributed by atoms with Crippen molar-refractivity contribution in [2.45, 2.75) is 40.0 Å². The second kappa shape index (κ2) is 9.99. The zero-order valence-electron chi connectivity index (χ0n) is 21.9. The van der Waals surface area contributed by atoms with Crippen molar-refractivity contribution in [1.82, 2.24) is 23.9 Å². The van der Waals surface area contributed by atoms with Crippen LogP contribution in [0.1, 0.15) is 30.8 Å². The maximum absolute atomic E-state index is 14.1. The van der Waals surface area contributed by atoms with Crippen LogP contribution in [0, 0.1) is 6.92 Å². The highest BCUT2D eigenvalue weighted by molar-refractivity contribution is 7.20. The number of ether oxygens (including phenoxy) is 1. The molecule has 0 aliphatic rings. The molecule has 0 saturated heterocycles. The molecule has 196 valence electrons. The molecule has 4 heterocycles. The number of para-hydroxylation sites is 1. The molecule has 0 radical (unpaired) electrons. The Labute approximate surface area is 228 Å². The van der Waals surface area contributed by atoms with Gasteiger partial charge in [0.25, 0.3) is 11.1 Å². The molecule has 0 aliphatic carbocycles. The van der Waals surface area contributed by atoms with E-state index in [0.29, 0.717) is 39.8 Å². The Balaban J connectivity index is 1.54. The first kappa shape index (κ1) is 24.8. The summed E-state index contributed by atoms with van der Waals surface area (Å²) in [6, 6.07) is 24.7. The number of thiazole rings is 1. The summed E-state index contributed by atoms with van der Waals surface area (Å²) < 4.78 is 11.8. The third kappa shape index (κ3) is 4.66. The van der Waals surface area contributed by atoms with E-state index in [1.807, 2.05) is 92.2 Å². The number of benzene rings is 2. The largest absolute Gasteiger partial charge is 0.475 e. The average Bonchev–Trinajstić information content (AvgIpc) is 3.45. The first-order valence-electron chi connectivity index (χ1n) is 12.8. The summed E-state index contributed by atoms with van der Waals surface area (Å²) in [7, 11) is 0. The van der Waals surface area contributed by atoms with Crippen molar-refractivity contribution in [1.29, 1.82) is 0 Å². The normalized spacial score (nSPS) is 11.6. The maximum Gasteiger partial charge on any atom is 0.283 e. The number of fused-ring (bicyclic) bond motifs is 2. The third-order valence-corrected chi connectivity index (χ3v) is 7.58. The van der Waals surface area contributed by atoms with Gasteiger partial charge in [-0.25, -0.2) is 9.97 Å². The first-order chi connectivity index (χ1) is 18.9. The standard InChI is InChI=1S/C30H27N5O3S/c1-19(2)38-26-15-9-12-22(31-26)18-33-20(3)28-24(16-27(33)36)34(17-21-10-5-4-6-11-21)35(29(28)37)30-32-23-13-7-8-14-25(23)39-30/h4-16,19H,17-18H2,1-3H3. The van der Waals surface area contributed by atoms with Gasteiger partial charge >= 0.3 is 0 Å². The smallest absolute Gasteiger partial charge is 0.283 e. The van der Waals surface area contributed by atoms with E-state index in [0.717, 1.165) is 15.8 Å². The molecule has 6 aromatic rings. The van der Waals surface area contributed by atoms with Gasteiger partial charge in [-0.1, -0.05) is 59.9 Å². The number of nitrogens with zero attached hydrogens (tertiary/aromatic N) is 5. The zero-order valence-corrected chi connectivity index (χ0v) is 22.7. The van der Waals surface area contributed by atoms with E-state index >= 15 is 0 Å². The minimum absolute atomic E-state index is 0.0149. The second-order valence-electron chi connectivity index (χ2n) is 9.67. The molecule has 0 spiro atoms. The van der Waals surface area contributed by atoms with Crippen molar-refractivity contribution in [3.8, 4) is 11.0 Å². The molecule has 0 N–H and O–H groups in total. The summed E-state index contributed by atoms with van der Waals surface area (Å²) in [5, 5.41) is 1.05. The number of pyridine rings is 2. The van der Waals surface area contributed by atoms with E-state index < -0.39 is 0 Å². The van der Waals surface area contributed by atoms with Crippen LogP contribution in [0.2, 0.25) is 0 Å². The predicted molar refractivity (Wildman–Crippen MR) is 154 cm³/mol. The lowest BCUT2D eigenvalue weighted by Crippen LogP contribution is -2.24. The lowest BCUT2D eigenvalue weighted by Gasteiger charge is -2.13. The van der Waals surface area contributed by atoms with Crippen molar-refractivity contribution >= 4 is 32.5 Å². The molecular weight excluding hydrogens is 510 g/mol. The fourth-order valence-electron chi connectivity index (χ4n) is 4.81. The second-order valence-corrected chi connectivity index (χ2v) is 10.7. The van der Waals surface area contributed by atoms with Gasteiger partial charge < -0.3 is 9.30 Å². The van der Waals surface area contributed by atoms with E-state index in [9.17, 15) is 9.59 Å². The Morgan fingerprint density at radius 2 is 1.67 bits per heavy atom. The molecule has 39 heavy (non-hydrogen) atoms. The monoisotopic (exact) mass is 537 g/mol. The Kier molecular flexibility index (Phi) is 6.36. The Hall–Kier alpha value is -4.50. The van der Waals surface area contributed by atoms with Gasteiger partial charge in [0.05, 0.1) is 46.0 Å². The first-order valence-corrected chi connectivity index (χ1v) is 13.6. The third-order valence-electron chi connectivity index (χ3n) is 6.57. The number of aromatic nitrogens is 5. The molecule has 9 heteroatoms. The van der Waals surface area contributed by atoms with Gasteiger partial charge in [0.1, 0.15) is 0 Å². The summed E-state index contributed by atoms with van der Waals surface area (Å²) in [5.74, 6) is 0.501. The SMILES string of the molecule is Cc1c2c(=O)n(-c3nc4ccccc4s3)n(Cc3ccccc3)c2cc(=O)n1Cc1cccc(OC(C)C)n1. The highest BCUT2D eigenvalue weighted by atomic mass is 32.1. The van der Waals surface area contributed by atoms with E-state index in [1.165, 1.54) is 11.3 Å².